The molecular weight excluding hydrogens is 310 g/mol. The first kappa shape index (κ1) is 13.4. The Morgan fingerprint density at radius 3 is 2.47 bits per heavy atom. The number of hydrogen-bond acceptors (Lipinski definition) is 4. The van der Waals surface area contributed by atoms with Crippen LogP contribution in [-0.4, -0.2) is 24.1 Å². The van der Waals surface area contributed by atoms with E-state index < -0.39 is 18.2 Å². The van der Waals surface area contributed by atoms with Crippen LogP contribution in [0.5, 0.6) is 0 Å². The first-order valence-electron chi connectivity index (χ1n) is 5.54. The number of ether oxygens (including phenoxy) is 1. The zero-order valence-corrected chi connectivity index (χ0v) is 11.7. The number of rotatable bonds is 0. The lowest BCUT2D eigenvalue weighted by molar-refractivity contribution is 0.0990. The highest BCUT2D eigenvalue weighted by molar-refractivity contribution is 9.09. The standard InChI is InChI=1S/C13H10BrN3O2/c1-19-13(18)17-10(6-15)8-4-2-3-5-9(8)12(14)11(17)7-16/h2-5,10-12H,1H3/t10-,11-,12+/m0/s1. The van der Waals surface area contributed by atoms with Gasteiger partial charge in [0.25, 0.3) is 0 Å². The van der Waals surface area contributed by atoms with Gasteiger partial charge in [0.05, 0.1) is 24.1 Å². The topological polar surface area (TPSA) is 77.1 Å². The fraction of sp³-hybridized carbons (Fsp3) is 0.308. The average molecular weight is 320 g/mol. The monoisotopic (exact) mass is 319 g/mol. The third-order valence-electron chi connectivity index (χ3n) is 3.08. The van der Waals surface area contributed by atoms with E-state index in [4.69, 9.17) is 0 Å². The molecule has 1 amide bonds. The second kappa shape index (κ2) is 5.29. The maximum atomic E-state index is 11.8. The zero-order chi connectivity index (χ0) is 14.0. The van der Waals surface area contributed by atoms with Crippen LogP contribution in [0.2, 0.25) is 0 Å². The number of nitrogens with zero attached hydrogens (tertiary/aromatic N) is 3. The summed E-state index contributed by atoms with van der Waals surface area (Å²) in [5.41, 5.74) is 1.56. The Hall–Kier alpha value is -2.05. The van der Waals surface area contributed by atoms with Gasteiger partial charge in [-0.2, -0.15) is 10.5 Å². The van der Waals surface area contributed by atoms with Gasteiger partial charge in [0, 0.05) is 0 Å². The van der Waals surface area contributed by atoms with Crippen LogP contribution in [0.1, 0.15) is 22.0 Å². The number of hydrogen-bond donors (Lipinski definition) is 0. The van der Waals surface area contributed by atoms with Crippen molar-refractivity contribution >= 4 is 22.0 Å². The third kappa shape index (κ3) is 2.05. The number of amides is 1. The van der Waals surface area contributed by atoms with Crippen molar-refractivity contribution in [1.29, 1.82) is 10.5 Å². The minimum atomic E-state index is -0.818. The van der Waals surface area contributed by atoms with Gasteiger partial charge in [0.15, 0.2) is 0 Å². The van der Waals surface area contributed by atoms with E-state index in [9.17, 15) is 15.3 Å². The molecule has 0 saturated heterocycles. The molecular formula is C13H10BrN3O2. The van der Waals surface area contributed by atoms with E-state index >= 15 is 0 Å². The number of alkyl halides is 1. The van der Waals surface area contributed by atoms with Crippen LogP contribution in [0.25, 0.3) is 0 Å². The predicted molar refractivity (Wildman–Crippen MR) is 70.1 cm³/mol. The normalized spacial score (nSPS) is 24.8. The van der Waals surface area contributed by atoms with Gasteiger partial charge in [-0.25, -0.2) is 4.79 Å². The highest BCUT2D eigenvalue weighted by Crippen LogP contribution is 2.43. The molecule has 1 aliphatic heterocycles. The van der Waals surface area contributed by atoms with Gasteiger partial charge in [-0.3, -0.25) is 4.90 Å². The van der Waals surface area contributed by atoms with E-state index in [1.54, 1.807) is 12.1 Å². The highest BCUT2D eigenvalue weighted by atomic mass is 79.9. The van der Waals surface area contributed by atoms with Crippen LogP contribution in [0, 0.1) is 22.7 Å². The van der Waals surface area contributed by atoms with E-state index in [1.165, 1.54) is 12.0 Å². The third-order valence-corrected chi connectivity index (χ3v) is 4.08. The number of nitriles is 2. The van der Waals surface area contributed by atoms with Gasteiger partial charge < -0.3 is 4.74 Å². The molecule has 1 aliphatic rings. The van der Waals surface area contributed by atoms with E-state index in [2.05, 4.69) is 32.8 Å². The minimum absolute atomic E-state index is 0.350. The molecule has 0 radical (unpaired) electrons. The molecule has 3 atom stereocenters. The Bertz CT molecular complexity index is 590. The largest absolute Gasteiger partial charge is 0.453 e. The van der Waals surface area contributed by atoms with Gasteiger partial charge in [-0.15, -0.1) is 0 Å². The summed E-state index contributed by atoms with van der Waals surface area (Å²) in [5, 5.41) is 18.6. The van der Waals surface area contributed by atoms with E-state index in [-0.39, 0.29) is 4.83 Å². The predicted octanol–water partition coefficient (Wildman–Crippen LogP) is 2.66. The molecule has 0 N–H and O–H groups in total. The molecule has 2 rings (SSSR count). The lowest BCUT2D eigenvalue weighted by Crippen LogP contribution is -2.47. The van der Waals surface area contributed by atoms with Crippen LogP contribution in [0.15, 0.2) is 24.3 Å². The Labute approximate surface area is 119 Å². The van der Waals surface area contributed by atoms with Gasteiger partial charge >= 0.3 is 6.09 Å². The van der Waals surface area contributed by atoms with E-state index in [1.807, 2.05) is 12.1 Å². The summed E-state index contributed by atoms with van der Waals surface area (Å²) < 4.78 is 4.68. The van der Waals surface area contributed by atoms with E-state index in [0.29, 0.717) is 5.56 Å². The maximum Gasteiger partial charge on any atom is 0.411 e. The molecule has 96 valence electrons. The van der Waals surface area contributed by atoms with Crippen molar-refractivity contribution in [2.75, 3.05) is 7.11 Å². The molecule has 1 heterocycles. The van der Waals surface area contributed by atoms with Crippen LogP contribution >= 0.6 is 15.9 Å². The Morgan fingerprint density at radius 2 is 1.95 bits per heavy atom. The Kier molecular flexibility index (Phi) is 3.73. The summed E-state index contributed by atoms with van der Waals surface area (Å²) in [6.45, 7) is 0. The summed E-state index contributed by atoms with van der Waals surface area (Å²) in [5.74, 6) is 0. The van der Waals surface area contributed by atoms with Gasteiger partial charge in [0.2, 0.25) is 0 Å². The molecule has 5 nitrogen and oxygen atoms in total. The number of halogens is 1. The number of fused-ring (bicyclic) bond motifs is 1. The fourth-order valence-electron chi connectivity index (χ4n) is 2.22. The minimum Gasteiger partial charge on any atom is -0.453 e. The molecule has 0 saturated carbocycles. The smallest absolute Gasteiger partial charge is 0.411 e. The van der Waals surface area contributed by atoms with Crippen molar-refractivity contribution in [1.82, 2.24) is 4.90 Å². The van der Waals surface area contributed by atoms with Gasteiger partial charge in [-0.1, -0.05) is 40.2 Å². The van der Waals surface area contributed by atoms with Crippen molar-refractivity contribution in [2.24, 2.45) is 0 Å². The molecule has 0 fully saturated rings. The zero-order valence-electron chi connectivity index (χ0n) is 10.1. The van der Waals surface area contributed by atoms with Crippen LogP contribution in [-0.2, 0) is 4.74 Å². The lowest BCUT2D eigenvalue weighted by atomic mass is 9.89. The summed E-state index contributed by atoms with van der Waals surface area (Å²) in [4.78, 5) is 12.7. The first-order valence-corrected chi connectivity index (χ1v) is 6.45. The molecule has 19 heavy (non-hydrogen) atoms. The maximum absolute atomic E-state index is 11.8. The second-order valence-corrected chi connectivity index (χ2v) is 5.00. The molecule has 1 aromatic carbocycles. The molecule has 1 aromatic rings. The lowest BCUT2D eigenvalue weighted by Gasteiger charge is -2.38. The first-order chi connectivity index (χ1) is 9.15. The van der Waals surface area contributed by atoms with Crippen LogP contribution in [0.4, 0.5) is 4.79 Å². The molecule has 0 aromatic heterocycles. The van der Waals surface area contributed by atoms with Crippen LogP contribution < -0.4 is 0 Å². The summed E-state index contributed by atoms with van der Waals surface area (Å²) in [6, 6.07) is 9.77. The van der Waals surface area contributed by atoms with Crippen LogP contribution in [0.3, 0.4) is 0 Å². The molecule has 0 spiro atoms. The molecule has 0 bridgehead atoms. The number of methoxy groups -OCH3 is 1. The Morgan fingerprint density at radius 1 is 1.32 bits per heavy atom. The number of carbonyl (C=O) groups excluding carboxylic acids is 1. The van der Waals surface area contributed by atoms with Crippen molar-refractivity contribution in [3.8, 4) is 12.1 Å². The Balaban J connectivity index is 2.61. The van der Waals surface area contributed by atoms with Crippen molar-refractivity contribution in [3.63, 3.8) is 0 Å². The van der Waals surface area contributed by atoms with Crippen molar-refractivity contribution in [2.45, 2.75) is 16.9 Å². The fourth-order valence-corrected chi connectivity index (χ4v) is 3.01. The quantitative estimate of drug-likeness (QED) is 0.689. The highest BCUT2D eigenvalue weighted by Gasteiger charge is 2.43. The molecule has 0 unspecified atom stereocenters. The summed E-state index contributed by atoms with van der Waals surface area (Å²) >= 11 is 3.43. The SMILES string of the molecule is COC(=O)N1[C@@H](C#N)c2ccccc2[C@@H](Br)[C@@H]1C#N. The average Bonchev–Trinajstić information content (AvgIpc) is 2.46. The van der Waals surface area contributed by atoms with Gasteiger partial charge in [0.1, 0.15) is 12.1 Å². The second-order valence-electron chi connectivity index (χ2n) is 4.01. The molecule has 0 aliphatic carbocycles. The van der Waals surface area contributed by atoms with Crippen molar-refractivity contribution in [3.05, 3.63) is 35.4 Å². The van der Waals surface area contributed by atoms with Gasteiger partial charge in [-0.05, 0) is 11.1 Å². The summed E-state index contributed by atoms with van der Waals surface area (Å²) in [7, 11) is 1.23. The van der Waals surface area contributed by atoms with E-state index in [0.717, 1.165) is 5.56 Å². The summed E-state index contributed by atoms with van der Waals surface area (Å²) in [6.07, 6.45) is -0.683. The van der Waals surface area contributed by atoms with Crippen molar-refractivity contribution < 1.29 is 9.53 Å². The number of benzene rings is 1. The number of carbonyl (C=O) groups is 1. The molecule has 6 heteroatoms.